The largest absolute Gasteiger partial charge is 0.480 e. The third-order valence-corrected chi connectivity index (χ3v) is 3.48. The lowest BCUT2D eigenvalue weighted by atomic mass is 9.99. The van der Waals surface area contributed by atoms with Crippen LogP contribution in [0.2, 0.25) is 0 Å². The van der Waals surface area contributed by atoms with Crippen molar-refractivity contribution < 1.29 is 19.1 Å². The van der Waals surface area contributed by atoms with Crippen molar-refractivity contribution >= 4 is 11.9 Å². The molecular weight excluding hydrogens is 261 g/mol. The van der Waals surface area contributed by atoms with Crippen LogP contribution in [0.25, 0.3) is 0 Å². The van der Waals surface area contributed by atoms with Gasteiger partial charge in [-0.1, -0.05) is 25.1 Å². The third kappa shape index (κ3) is 3.56. The van der Waals surface area contributed by atoms with E-state index in [2.05, 4.69) is 0 Å². The molecule has 1 aliphatic carbocycles. The van der Waals surface area contributed by atoms with Crippen molar-refractivity contribution in [3.63, 3.8) is 0 Å². The molecule has 1 aromatic carbocycles. The van der Waals surface area contributed by atoms with Gasteiger partial charge in [0.2, 0.25) is 5.91 Å². The summed E-state index contributed by atoms with van der Waals surface area (Å²) in [4.78, 5) is 24.6. The van der Waals surface area contributed by atoms with Crippen molar-refractivity contribution in [2.75, 3.05) is 6.54 Å². The third-order valence-electron chi connectivity index (χ3n) is 3.48. The Balaban J connectivity index is 2.03. The Morgan fingerprint density at radius 1 is 1.40 bits per heavy atom. The molecule has 0 bridgehead atoms. The summed E-state index contributed by atoms with van der Waals surface area (Å²) >= 11 is 0. The first-order valence-corrected chi connectivity index (χ1v) is 6.74. The number of nitrogens with zero attached hydrogens (tertiary/aromatic N) is 1. The zero-order valence-corrected chi connectivity index (χ0v) is 11.4. The van der Waals surface area contributed by atoms with E-state index in [1.807, 2.05) is 0 Å². The topological polar surface area (TPSA) is 57.6 Å². The molecule has 1 aromatic rings. The molecule has 20 heavy (non-hydrogen) atoms. The highest BCUT2D eigenvalue weighted by molar-refractivity contribution is 5.83. The number of carboxylic acids is 1. The van der Waals surface area contributed by atoms with Crippen molar-refractivity contribution in [3.05, 3.63) is 35.6 Å². The molecule has 0 unspecified atom stereocenters. The highest BCUT2D eigenvalue weighted by Crippen LogP contribution is 2.28. The molecule has 1 N–H and O–H groups in total. The van der Waals surface area contributed by atoms with Crippen LogP contribution in [0.5, 0.6) is 0 Å². The molecule has 108 valence electrons. The number of hydrogen-bond acceptors (Lipinski definition) is 2. The van der Waals surface area contributed by atoms with Gasteiger partial charge in [0.05, 0.1) is 0 Å². The summed E-state index contributed by atoms with van der Waals surface area (Å²) < 4.78 is 13.6. The maximum atomic E-state index is 13.6. The number of hydrogen-bond donors (Lipinski definition) is 1. The molecular formula is C15H18FNO3. The van der Waals surface area contributed by atoms with Gasteiger partial charge in [0.1, 0.15) is 12.4 Å². The van der Waals surface area contributed by atoms with E-state index in [-0.39, 0.29) is 30.7 Å². The first-order chi connectivity index (χ1) is 9.49. The highest BCUT2D eigenvalue weighted by atomic mass is 19.1. The Bertz CT molecular complexity index is 514. The van der Waals surface area contributed by atoms with E-state index in [4.69, 9.17) is 5.11 Å². The molecule has 2 rings (SSSR count). The molecule has 0 heterocycles. The Morgan fingerprint density at radius 2 is 2.05 bits per heavy atom. The number of halogens is 1. The molecule has 0 saturated heterocycles. The molecule has 1 fully saturated rings. The molecule has 1 amide bonds. The average molecular weight is 279 g/mol. The van der Waals surface area contributed by atoms with E-state index in [1.165, 1.54) is 11.0 Å². The molecule has 1 atom stereocenters. The summed E-state index contributed by atoms with van der Waals surface area (Å²) in [6.07, 6.45) is 1.99. The number of aliphatic carboxylic acids is 1. The van der Waals surface area contributed by atoms with E-state index in [0.29, 0.717) is 5.56 Å². The molecule has 0 radical (unpaired) electrons. The summed E-state index contributed by atoms with van der Waals surface area (Å²) in [5.74, 6) is -1.98. The van der Waals surface area contributed by atoms with Crippen molar-refractivity contribution in [3.8, 4) is 0 Å². The maximum Gasteiger partial charge on any atom is 0.323 e. The second-order valence-electron chi connectivity index (χ2n) is 5.29. The zero-order chi connectivity index (χ0) is 14.7. The van der Waals surface area contributed by atoms with E-state index in [9.17, 15) is 14.0 Å². The standard InChI is InChI=1S/C15H18FNO3/c1-10(8-11-4-2-3-5-13(11)16)15(20)17(9-14(18)19)12-6-7-12/h2-5,10,12H,6-9H2,1H3,(H,18,19)/t10-/m1/s1. The lowest BCUT2D eigenvalue weighted by Gasteiger charge is -2.24. The van der Waals surface area contributed by atoms with Gasteiger partial charge >= 0.3 is 5.97 Å². The number of benzene rings is 1. The second kappa shape index (κ2) is 6.03. The fraction of sp³-hybridized carbons (Fsp3) is 0.467. The van der Waals surface area contributed by atoms with Crippen LogP contribution in [0.3, 0.4) is 0 Å². The maximum absolute atomic E-state index is 13.6. The minimum atomic E-state index is -1.01. The van der Waals surface area contributed by atoms with Gasteiger partial charge in [0.25, 0.3) is 0 Å². The van der Waals surface area contributed by atoms with Crippen LogP contribution >= 0.6 is 0 Å². The van der Waals surface area contributed by atoms with Crippen LogP contribution in [0.1, 0.15) is 25.3 Å². The lowest BCUT2D eigenvalue weighted by Crippen LogP contribution is -2.41. The zero-order valence-electron chi connectivity index (χ0n) is 11.4. The highest BCUT2D eigenvalue weighted by Gasteiger charge is 2.35. The number of carbonyl (C=O) groups is 2. The molecule has 0 spiro atoms. The van der Waals surface area contributed by atoms with E-state index >= 15 is 0 Å². The van der Waals surface area contributed by atoms with Gasteiger partial charge in [-0.3, -0.25) is 9.59 Å². The van der Waals surface area contributed by atoms with E-state index < -0.39 is 11.9 Å². The number of amides is 1. The van der Waals surface area contributed by atoms with Gasteiger partial charge in [-0.2, -0.15) is 0 Å². The number of carbonyl (C=O) groups excluding carboxylic acids is 1. The van der Waals surface area contributed by atoms with Gasteiger partial charge in [0.15, 0.2) is 0 Å². The lowest BCUT2D eigenvalue weighted by molar-refractivity contribution is -0.146. The summed E-state index contributed by atoms with van der Waals surface area (Å²) in [6.45, 7) is 1.44. The minimum absolute atomic E-state index is 0.0432. The molecule has 1 aliphatic rings. The quantitative estimate of drug-likeness (QED) is 0.867. The van der Waals surface area contributed by atoms with Gasteiger partial charge in [-0.15, -0.1) is 0 Å². The Labute approximate surface area is 117 Å². The SMILES string of the molecule is C[C@H](Cc1ccccc1F)C(=O)N(CC(=O)O)C1CC1. The Hall–Kier alpha value is -1.91. The normalized spacial score (nSPS) is 15.7. The number of rotatable bonds is 6. The second-order valence-corrected chi connectivity index (χ2v) is 5.29. The van der Waals surface area contributed by atoms with Crippen molar-refractivity contribution in [2.24, 2.45) is 5.92 Å². The Morgan fingerprint density at radius 3 is 2.60 bits per heavy atom. The average Bonchev–Trinajstić information content (AvgIpc) is 3.22. The van der Waals surface area contributed by atoms with Gasteiger partial charge in [-0.05, 0) is 30.9 Å². The van der Waals surface area contributed by atoms with E-state index in [1.54, 1.807) is 25.1 Å². The van der Waals surface area contributed by atoms with Crippen molar-refractivity contribution in [2.45, 2.75) is 32.2 Å². The van der Waals surface area contributed by atoms with Crippen LogP contribution in [0.15, 0.2) is 24.3 Å². The van der Waals surface area contributed by atoms with Crippen LogP contribution in [-0.4, -0.2) is 34.5 Å². The molecule has 4 nitrogen and oxygen atoms in total. The number of carboxylic acid groups (broad SMARTS) is 1. The predicted molar refractivity (Wildman–Crippen MR) is 71.6 cm³/mol. The molecule has 0 aliphatic heterocycles. The minimum Gasteiger partial charge on any atom is -0.480 e. The van der Waals surface area contributed by atoms with Crippen molar-refractivity contribution in [1.29, 1.82) is 0 Å². The van der Waals surface area contributed by atoms with Crippen LogP contribution in [0.4, 0.5) is 4.39 Å². The fourth-order valence-electron chi connectivity index (χ4n) is 2.28. The van der Waals surface area contributed by atoms with Gasteiger partial charge in [0, 0.05) is 12.0 Å². The van der Waals surface area contributed by atoms with Gasteiger partial charge in [-0.25, -0.2) is 4.39 Å². The summed E-state index contributed by atoms with van der Waals surface area (Å²) in [5.41, 5.74) is 0.486. The predicted octanol–water partition coefficient (Wildman–Crippen LogP) is 2.08. The summed E-state index contributed by atoms with van der Waals surface area (Å²) in [7, 11) is 0. The monoisotopic (exact) mass is 279 g/mol. The smallest absolute Gasteiger partial charge is 0.323 e. The molecule has 5 heteroatoms. The molecule has 0 aromatic heterocycles. The molecule has 1 saturated carbocycles. The summed E-state index contributed by atoms with van der Waals surface area (Å²) in [6, 6.07) is 6.39. The summed E-state index contributed by atoms with van der Waals surface area (Å²) in [5, 5.41) is 8.87. The van der Waals surface area contributed by atoms with Crippen LogP contribution in [0, 0.1) is 11.7 Å². The Kier molecular flexibility index (Phi) is 4.37. The first-order valence-electron chi connectivity index (χ1n) is 6.74. The van der Waals surface area contributed by atoms with Crippen LogP contribution in [-0.2, 0) is 16.0 Å². The van der Waals surface area contributed by atoms with E-state index in [0.717, 1.165) is 12.8 Å². The van der Waals surface area contributed by atoms with Crippen LogP contribution < -0.4 is 0 Å². The fourth-order valence-corrected chi connectivity index (χ4v) is 2.28. The van der Waals surface area contributed by atoms with Crippen molar-refractivity contribution in [1.82, 2.24) is 4.90 Å². The first kappa shape index (κ1) is 14.5. The van der Waals surface area contributed by atoms with Gasteiger partial charge < -0.3 is 10.0 Å².